The molecular weight excluding hydrogens is 222 g/mol. The standard InChI is InChI=1S/C10H7N5O2/c16-10(17)6-4-11-9-3-8(14-15(9)5-6)7-1-2-12-13-7/h1-5H,(H,12,13)(H,16,17). The Balaban J connectivity index is 2.16. The van der Waals surface area contributed by atoms with Gasteiger partial charge in [-0.05, 0) is 6.07 Å². The Kier molecular flexibility index (Phi) is 1.91. The zero-order valence-corrected chi connectivity index (χ0v) is 8.53. The van der Waals surface area contributed by atoms with Gasteiger partial charge >= 0.3 is 5.97 Å². The fourth-order valence-electron chi connectivity index (χ4n) is 1.52. The van der Waals surface area contributed by atoms with Crippen LogP contribution in [0.2, 0.25) is 0 Å². The van der Waals surface area contributed by atoms with E-state index in [9.17, 15) is 4.79 Å². The highest BCUT2D eigenvalue weighted by molar-refractivity contribution is 5.87. The molecule has 0 saturated heterocycles. The molecular formula is C10H7N5O2. The van der Waals surface area contributed by atoms with Crippen LogP contribution in [0.25, 0.3) is 17.0 Å². The maximum Gasteiger partial charge on any atom is 0.338 e. The first-order valence-electron chi connectivity index (χ1n) is 4.82. The lowest BCUT2D eigenvalue weighted by Gasteiger charge is -1.94. The molecule has 0 atom stereocenters. The molecule has 0 radical (unpaired) electrons. The second-order valence-electron chi connectivity index (χ2n) is 3.45. The molecule has 0 aliphatic carbocycles. The lowest BCUT2D eigenvalue weighted by atomic mass is 10.3. The molecule has 0 saturated carbocycles. The number of H-pyrrole nitrogens is 1. The molecule has 17 heavy (non-hydrogen) atoms. The first-order valence-corrected chi connectivity index (χ1v) is 4.82. The van der Waals surface area contributed by atoms with Crippen LogP contribution >= 0.6 is 0 Å². The van der Waals surface area contributed by atoms with Gasteiger partial charge in [-0.3, -0.25) is 5.10 Å². The number of hydrogen-bond donors (Lipinski definition) is 2. The van der Waals surface area contributed by atoms with E-state index in [1.54, 1.807) is 18.3 Å². The smallest absolute Gasteiger partial charge is 0.338 e. The summed E-state index contributed by atoms with van der Waals surface area (Å²) in [4.78, 5) is 14.8. The van der Waals surface area contributed by atoms with Crippen molar-refractivity contribution in [3.63, 3.8) is 0 Å². The van der Waals surface area contributed by atoms with Crippen LogP contribution in [0.1, 0.15) is 10.4 Å². The number of nitrogens with zero attached hydrogens (tertiary/aromatic N) is 4. The zero-order valence-electron chi connectivity index (χ0n) is 8.53. The van der Waals surface area contributed by atoms with Crippen LogP contribution in [0.15, 0.2) is 30.7 Å². The van der Waals surface area contributed by atoms with Crippen LogP contribution in [-0.2, 0) is 0 Å². The summed E-state index contributed by atoms with van der Waals surface area (Å²) in [7, 11) is 0. The maximum absolute atomic E-state index is 10.8. The van der Waals surface area contributed by atoms with Crippen molar-refractivity contribution in [2.24, 2.45) is 0 Å². The lowest BCUT2D eigenvalue weighted by molar-refractivity contribution is 0.0695. The molecule has 0 aromatic carbocycles. The number of carboxylic acid groups (broad SMARTS) is 1. The minimum atomic E-state index is -1.03. The van der Waals surface area contributed by atoms with Crippen molar-refractivity contribution < 1.29 is 9.90 Å². The summed E-state index contributed by atoms with van der Waals surface area (Å²) in [6.45, 7) is 0. The molecule has 3 heterocycles. The largest absolute Gasteiger partial charge is 0.478 e. The van der Waals surface area contributed by atoms with Gasteiger partial charge in [0.1, 0.15) is 5.69 Å². The van der Waals surface area contributed by atoms with Crippen molar-refractivity contribution in [3.05, 3.63) is 36.3 Å². The Bertz CT molecular complexity index is 686. The van der Waals surface area contributed by atoms with Crippen LogP contribution < -0.4 is 0 Å². The van der Waals surface area contributed by atoms with E-state index < -0.39 is 5.97 Å². The molecule has 3 aromatic heterocycles. The van der Waals surface area contributed by atoms with Crippen LogP contribution in [0.3, 0.4) is 0 Å². The van der Waals surface area contributed by atoms with Crippen LogP contribution in [-0.4, -0.2) is 35.9 Å². The molecule has 2 N–H and O–H groups in total. The van der Waals surface area contributed by atoms with Gasteiger partial charge in [0.05, 0.1) is 11.3 Å². The van der Waals surface area contributed by atoms with Crippen molar-refractivity contribution >= 4 is 11.6 Å². The Morgan fingerprint density at radius 2 is 2.35 bits per heavy atom. The molecule has 0 fully saturated rings. The van der Waals surface area contributed by atoms with E-state index in [1.165, 1.54) is 16.9 Å². The highest BCUT2D eigenvalue weighted by Gasteiger charge is 2.09. The van der Waals surface area contributed by atoms with Crippen LogP contribution in [0, 0.1) is 0 Å². The summed E-state index contributed by atoms with van der Waals surface area (Å²) in [6, 6.07) is 3.53. The molecule has 0 unspecified atom stereocenters. The topological polar surface area (TPSA) is 96.2 Å². The summed E-state index contributed by atoms with van der Waals surface area (Å²) in [5, 5.41) is 19.7. The van der Waals surface area contributed by atoms with E-state index in [2.05, 4.69) is 20.3 Å². The molecule has 3 rings (SSSR count). The van der Waals surface area contributed by atoms with Gasteiger partial charge in [-0.15, -0.1) is 0 Å². The van der Waals surface area contributed by atoms with Crippen molar-refractivity contribution in [1.29, 1.82) is 0 Å². The number of hydrogen-bond acceptors (Lipinski definition) is 4. The van der Waals surface area contributed by atoms with E-state index in [1.807, 2.05) is 0 Å². The average molecular weight is 229 g/mol. The minimum Gasteiger partial charge on any atom is -0.478 e. The second-order valence-corrected chi connectivity index (χ2v) is 3.45. The average Bonchev–Trinajstić information content (AvgIpc) is 2.96. The van der Waals surface area contributed by atoms with Crippen molar-refractivity contribution in [3.8, 4) is 11.4 Å². The number of carbonyl (C=O) groups is 1. The van der Waals surface area contributed by atoms with E-state index in [4.69, 9.17) is 5.11 Å². The SMILES string of the molecule is O=C(O)c1cnc2cc(-c3ccn[nH]3)nn2c1. The van der Waals surface area contributed by atoms with Gasteiger partial charge in [0.15, 0.2) is 5.65 Å². The number of nitrogens with one attached hydrogen (secondary N) is 1. The lowest BCUT2D eigenvalue weighted by Crippen LogP contribution is -2.00. The molecule has 7 nitrogen and oxygen atoms in total. The first-order chi connectivity index (χ1) is 8.24. The van der Waals surface area contributed by atoms with Crippen molar-refractivity contribution in [2.75, 3.05) is 0 Å². The van der Waals surface area contributed by atoms with Gasteiger partial charge in [-0.2, -0.15) is 10.2 Å². The van der Waals surface area contributed by atoms with E-state index in [0.29, 0.717) is 11.3 Å². The quantitative estimate of drug-likeness (QED) is 0.678. The molecule has 0 amide bonds. The van der Waals surface area contributed by atoms with Crippen LogP contribution in [0.5, 0.6) is 0 Å². The third kappa shape index (κ3) is 1.53. The zero-order chi connectivity index (χ0) is 11.8. The highest BCUT2D eigenvalue weighted by Crippen LogP contribution is 2.15. The second kappa shape index (κ2) is 3.41. The molecule has 0 spiro atoms. The van der Waals surface area contributed by atoms with E-state index in [-0.39, 0.29) is 5.56 Å². The minimum absolute atomic E-state index is 0.0942. The third-order valence-electron chi connectivity index (χ3n) is 2.34. The first kappa shape index (κ1) is 9.52. The van der Waals surface area contributed by atoms with Crippen molar-refractivity contribution in [1.82, 2.24) is 24.8 Å². The molecule has 3 aromatic rings. The van der Waals surface area contributed by atoms with Gasteiger partial charge < -0.3 is 5.11 Å². The number of fused-ring (bicyclic) bond motifs is 1. The summed E-state index contributed by atoms with van der Waals surface area (Å²) in [5.74, 6) is -1.03. The number of aromatic carboxylic acids is 1. The highest BCUT2D eigenvalue weighted by atomic mass is 16.4. The Hall–Kier alpha value is -2.70. The number of rotatable bonds is 2. The summed E-state index contributed by atoms with van der Waals surface area (Å²) in [5.41, 5.74) is 2.10. The summed E-state index contributed by atoms with van der Waals surface area (Å²) >= 11 is 0. The van der Waals surface area contributed by atoms with Crippen molar-refractivity contribution in [2.45, 2.75) is 0 Å². The predicted molar refractivity (Wildman–Crippen MR) is 57.5 cm³/mol. The molecule has 7 heteroatoms. The fourth-order valence-corrected chi connectivity index (χ4v) is 1.52. The molecule has 0 aliphatic heterocycles. The summed E-state index contributed by atoms with van der Waals surface area (Å²) < 4.78 is 1.43. The predicted octanol–water partition coefficient (Wildman–Crippen LogP) is 0.818. The molecule has 0 bridgehead atoms. The molecule has 84 valence electrons. The summed E-state index contributed by atoms with van der Waals surface area (Å²) in [6.07, 6.45) is 4.34. The number of aromatic nitrogens is 5. The number of carboxylic acids is 1. The van der Waals surface area contributed by atoms with E-state index in [0.717, 1.165) is 5.69 Å². The van der Waals surface area contributed by atoms with Gasteiger partial charge in [0, 0.05) is 24.7 Å². The Labute approximate surface area is 94.7 Å². The molecule has 0 aliphatic rings. The normalized spacial score (nSPS) is 10.8. The van der Waals surface area contributed by atoms with Gasteiger partial charge in [-0.25, -0.2) is 14.3 Å². The monoisotopic (exact) mass is 229 g/mol. The van der Waals surface area contributed by atoms with Crippen LogP contribution in [0.4, 0.5) is 0 Å². The Morgan fingerprint density at radius 1 is 1.47 bits per heavy atom. The maximum atomic E-state index is 10.8. The van der Waals surface area contributed by atoms with Gasteiger partial charge in [0.25, 0.3) is 0 Å². The fraction of sp³-hybridized carbons (Fsp3) is 0. The van der Waals surface area contributed by atoms with Gasteiger partial charge in [0.2, 0.25) is 0 Å². The van der Waals surface area contributed by atoms with Gasteiger partial charge in [-0.1, -0.05) is 0 Å². The number of aromatic amines is 1. The Morgan fingerprint density at radius 3 is 3.06 bits per heavy atom. The third-order valence-corrected chi connectivity index (χ3v) is 2.34. The van der Waals surface area contributed by atoms with E-state index >= 15 is 0 Å².